The average molecular weight is 668 g/mol. The maximum atomic E-state index is 13.1. The van der Waals surface area contributed by atoms with Crippen LogP contribution in [-0.2, 0) is 36.6 Å². The Morgan fingerprint density at radius 1 is 0.783 bits per heavy atom. The van der Waals surface area contributed by atoms with Crippen molar-refractivity contribution in [1.82, 2.24) is 5.32 Å². The smallest absolute Gasteiger partial charge is 0.407 e. The number of aliphatic carboxylic acids is 1. The van der Waals surface area contributed by atoms with Gasteiger partial charge in [-0.1, -0.05) is 81.4 Å². The van der Waals surface area contributed by atoms with E-state index in [0.717, 1.165) is 5.56 Å². The highest BCUT2D eigenvalue weighted by Gasteiger charge is 2.42. The summed E-state index contributed by atoms with van der Waals surface area (Å²) < 4.78 is 38.7. The predicted octanol–water partition coefficient (Wildman–Crippen LogP) is 7.68. The van der Waals surface area contributed by atoms with E-state index in [0.29, 0.717) is 12.0 Å². The number of hydrogen-bond donors (Lipinski definition) is 2. The van der Waals surface area contributed by atoms with Gasteiger partial charge in [-0.25, -0.2) is 13.2 Å². The molecular weight excluding hydrogens is 619 g/mol. The Labute approximate surface area is 275 Å². The number of carboxylic acids is 1. The topological polar surface area (TPSA) is 119 Å². The third kappa shape index (κ3) is 10.5. The summed E-state index contributed by atoms with van der Waals surface area (Å²) in [6.07, 6.45) is -0.549. The van der Waals surface area contributed by atoms with Gasteiger partial charge in [0, 0.05) is 0 Å². The number of sulfone groups is 1. The number of carbonyl (C=O) groups excluding carboxylic acids is 1. The number of carbonyl (C=O) groups is 2. The van der Waals surface area contributed by atoms with Gasteiger partial charge in [-0.15, -0.1) is 0 Å². The SMILES string of the molecule is CC(C)(C)OC(=O)N[C@H](Cc1ccccc1)[C@H](C[C@H](Cc1ccc(S(=O)(=O)c2ccccc2)cc1)C(=O)O)O[Si](C)(C)C(C)(C)C. The zero-order valence-electron chi connectivity index (χ0n) is 28.2. The summed E-state index contributed by atoms with van der Waals surface area (Å²) in [5.41, 5.74) is 0.931. The molecule has 0 saturated heterocycles. The average Bonchev–Trinajstić information content (AvgIpc) is 2.95. The molecule has 46 heavy (non-hydrogen) atoms. The van der Waals surface area contributed by atoms with Crippen molar-refractivity contribution >= 4 is 30.2 Å². The minimum atomic E-state index is -3.70. The Bertz CT molecular complexity index is 1550. The van der Waals surface area contributed by atoms with Crippen LogP contribution in [0.1, 0.15) is 59.1 Å². The number of alkyl carbamates (subject to hydrolysis) is 1. The number of rotatable bonds is 13. The van der Waals surface area contributed by atoms with Gasteiger partial charge in [0.1, 0.15) is 5.60 Å². The summed E-state index contributed by atoms with van der Waals surface area (Å²) in [7, 11) is -6.16. The molecule has 2 N–H and O–H groups in total. The Hall–Kier alpha value is -3.47. The van der Waals surface area contributed by atoms with E-state index in [4.69, 9.17) is 9.16 Å². The van der Waals surface area contributed by atoms with E-state index in [-0.39, 0.29) is 27.7 Å². The molecule has 3 aromatic carbocycles. The zero-order chi connectivity index (χ0) is 34.3. The van der Waals surface area contributed by atoms with Crippen LogP contribution in [-0.4, -0.2) is 51.7 Å². The number of ether oxygens (including phenoxy) is 1. The number of nitrogens with one attached hydrogen (secondary N) is 1. The van der Waals surface area contributed by atoms with Crippen LogP contribution in [0.5, 0.6) is 0 Å². The van der Waals surface area contributed by atoms with Gasteiger partial charge in [0.25, 0.3) is 0 Å². The van der Waals surface area contributed by atoms with Crippen LogP contribution in [0.2, 0.25) is 18.1 Å². The molecule has 0 fully saturated rings. The third-order valence-corrected chi connectivity index (χ3v) is 14.6. The van der Waals surface area contributed by atoms with Crippen LogP contribution in [0, 0.1) is 5.92 Å². The molecule has 3 rings (SSSR count). The first-order chi connectivity index (χ1) is 21.3. The lowest BCUT2D eigenvalue weighted by Crippen LogP contribution is -2.54. The molecule has 250 valence electrons. The molecule has 0 aromatic heterocycles. The van der Waals surface area contributed by atoms with Gasteiger partial charge in [-0.2, -0.15) is 0 Å². The van der Waals surface area contributed by atoms with Crippen molar-refractivity contribution in [3.8, 4) is 0 Å². The van der Waals surface area contributed by atoms with Crippen molar-refractivity contribution in [2.24, 2.45) is 5.92 Å². The second-order valence-electron chi connectivity index (χ2n) is 14.3. The standard InChI is InChI=1S/C36H49NO7SSi/c1-35(2,3)43-34(40)37-31(24-26-15-11-9-12-16-26)32(44-46(7,8)36(4,5)6)25-28(33(38)39)23-27-19-21-30(22-20-27)45(41,42)29-17-13-10-14-18-29/h9-22,28,31-32H,23-25H2,1-8H3,(H,37,40)(H,38,39)/t28-,31+,32-/m0/s1. The maximum absolute atomic E-state index is 13.1. The van der Waals surface area contributed by atoms with Gasteiger partial charge in [0.15, 0.2) is 8.32 Å². The first-order valence-electron chi connectivity index (χ1n) is 15.6. The molecular formula is C36H49NO7SSi. The molecule has 0 aliphatic rings. The van der Waals surface area contributed by atoms with Crippen molar-refractivity contribution in [1.29, 1.82) is 0 Å². The van der Waals surface area contributed by atoms with Crippen LogP contribution in [0.3, 0.4) is 0 Å². The molecule has 1 amide bonds. The van der Waals surface area contributed by atoms with Crippen molar-refractivity contribution in [3.63, 3.8) is 0 Å². The summed E-state index contributed by atoms with van der Waals surface area (Å²) in [4.78, 5) is 26.2. The highest BCUT2D eigenvalue weighted by Crippen LogP contribution is 2.39. The molecule has 8 nitrogen and oxygen atoms in total. The second-order valence-corrected chi connectivity index (χ2v) is 21.0. The molecule has 0 aliphatic carbocycles. The van der Waals surface area contributed by atoms with Gasteiger partial charge >= 0.3 is 12.1 Å². The highest BCUT2D eigenvalue weighted by molar-refractivity contribution is 7.91. The van der Waals surface area contributed by atoms with Crippen molar-refractivity contribution in [3.05, 3.63) is 96.1 Å². The molecule has 0 spiro atoms. The first-order valence-corrected chi connectivity index (χ1v) is 20.0. The predicted molar refractivity (Wildman–Crippen MR) is 183 cm³/mol. The highest BCUT2D eigenvalue weighted by atomic mass is 32.2. The molecule has 3 atom stereocenters. The van der Waals surface area contributed by atoms with E-state index in [9.17, 15) is 23.1 Å². The largest absolute Gasteiger partial charge is 0.481 e. The minimum Gasteiger partial charge on any atom is -0.481 e. The Kier molecular flexibility index (Phi) is 12.0. The van der Waals surface area contributed by atoms with E-state index < -0.39 is 53.9 Å². The molecule has 0 saturated carbocycles. The number of hydrogen-bond acceptors (Lipinski definition) is 6. The Morgan fingerprint density at radius 3 is 1.78 bits per heavy atom. The first kappa shape index (κ1) is 37.0. The van der Waals surface area contributed by atoms with E-state index in [1.54, 1.807) is 63.2 Å². The third-order valence-electron chi connectivity index (χ3n) is 8.34. The molecule has 10 heteroatoms. The fraction of sp³-hybridized carbons (Fsp3) is 0.444. The molecule has 0 heterocycles. The molecule has 0 bridgehead atoms. The number of amides is 1. The van der Waals surface area contributed by atoms with E-state index in [1.807, 2.05) is 30.3 Å². The Balaban J connectivity index is 1.96. The fourth-order valence-electron chi connectivity index (χ4n) is 4.83. The Morgan fingerprint density at radius 2 is 1.28 bits per heavy atom. The van der Waals surface area contributed by atoms with Gasteiger partial charge < -0.3 is 19.6 Å². The lowest BCUT2D eigenvalue weighted by atomic mass is 9.89. The maximum Gasteiger partial charge on any atom is 0.407 e. The van der Waals surface area contributed by atoms with Gasteiger partial charge in [0.2, 0.25) is 9.84 Å². The summed E-state index contributed by atoms with van der Waals surface area (Å²) in [6, 6.07) is 23.7. The molecule has 0 aliphatic heterocycles. The van der Waals surface area contributed by atoms with E-state index >= 15 is 0 Å². The second kappa shape index (κ2) is 15.0. The minimum absolute atomic E-state index is 0.124. The van der Waals surface area contributed by atoms with Crippen molar-refractivity contribution in [2.75, 3.05) is 0 Å². The lowest BCUT2D eigenvalue weighted by molar-refractivity contribution is -0.142. The quantitative estimate of drug-likeness (QED) is 0.180. The molecule has 0 radical (unpaired) electrons. The van der Waals surface area contributed by atoms with Crippen LogP contribution < -0.4 is 5.32 Å². The van der Waals surface area contributed by atoms with E-state index in [2.05, 4.69) is 39.2 Å². The van der Waals surface area contributed by atoms with Gasteiger partial charge in [0.05, 0.1) is 27.9 Å². The lowest BCUT2D eigenvalue weighted by Gasteiger charge is -2.42. The zero-order valence-corrected chi connectivity index (χ0v) is 30.1. The van der Waals surface area contributed by atoms with E-state index in [1.165, 1.54) is 12.1 Å². The van der Waals surface area contributed by atoms with Crippen molar-refractivity contribution in [2.45, 2.75) is 106 Å². The fourth-order valence-corrected chi connectivity index (χ4v) is 7.48. The monoisotopic (exact) mass is 667 g/mol. The van der Waals surface area contributed by atoms with Crippen LogP contribution in [0.4, 0.5) is 4.79 Å². The van der Waals surface area contributed by atoms with Crippen LogP contribution >= 0.6 is 0 Å². The number of benzene rings is 3. The number of carboxylic acid groups (broad SMARTS) is 1. The molecule has 3 aromatic rings. The summed E-state index contributed by atoms with van der Waals surface area (Å²) >= 11 is 0. The summed E-state index contributed by atoms with van der Waals surface area (Å²) in [5.74, 6) is -1.87. The molecule has 0 unspecified atom stereocenters. The van der Waals surface area contributed by atoms with Gasteiger partial charge in [-0.05, 0) is 93.6 Å². The van der Waals surface area contributed by atoms with Crippen LogP contribution in [0.25, 0.3) is 0 Å². The van der Waals surface area contributed by atoms with Crippen LogP contribution in [0.15, 0.2) is 94.7 Å². The van der Waals surface area contributed by atoms with Gasteiger partial charge in [-0.3, -0.25) is 4.79 Å². The van der Waals surface area contributed by atoms with Crippen molar-refractivity contribution < 1.29 is 32.3 Å². The summed E-state index contributed by atoms with van der Waals surface area (Å²) in [5, 5.41) is 13.3. The summed E-state index contributed by atoms with van der Waals surface area (Å²) in [6.45, 7) is 15.9. The normalized spacial score (nSPS) is 14.6.